The second-order valence-electron chi connectivity index (χ2n) is 5.19. The molecule has 0 saturated carbocycles. The highest BCUT2D eigenvalue weighted by molar-refractivity contribution is 6.30. The Labute approximate surface area is 143 Å². The summed E-state index contributed by atoms with van der Waals surface area (Å²) >= 11 is 5.78. The van der Waals surface area contributed by atoms with Gasteiger partial charge in [0.05, 0.1) is 5.69 Å². The molecular formula is C17H15ClFN3O2. The van der Waals surface area contributed by atoms with E-state index in [9.17, 15) is 9.18 Å². The summed E-state index contributed by atoms with van der Waals surface area (Å²) in [6.07, 6.45) is 3.66. The summed E-state index contributed by atoms with van der Waals surface area (Å²) in [5.74, 6) is 0.0378. The van der Waals surface area contributed by atoms with Gasteiger partial charge in [-0.15, -0.1) is 0 Å². The molecule has 124 valence electrons. The lowest BCUT2D eigenvalue weighted by molar-refractivity contribution is -0.123. The van der Waals surface area contributed by atoms with Crippen LogP contribution in [0.2, 0.25) is 5.02 Å². The number of benzene rings is 1. The number of rotatable bonds is 6. The molecule has 0 aliphatic rings. The molecule has 0 atom stereocenters. The van der Waals surface area contributed by atoms with Gasteiger partial charge in [-0.25, -0.2) is 9.37 Å². The van der Waals surface area contributed by atoms with Gasteiger partial charge >= 0.3 is 0 Å². The summed E-state index contributed by atoms with van der Waals surface area (Å²) in [5, 5.41) is 3.37. The minimum absolute atomic E-state index is 0.0714. The molecule has 1 N–H and O–H groups in total. The maximum Gasteiger partial charge on any atom is 0.257 e. The lowest BCUT2D eigenvalue weighted by atomic mass is 10.3. The van der Waals surface area contributed by atoms with Crippen molar-refractivity contribution >= 4 is 23.2 Å². The predicted octanol–water partition coefficient (Wildman–Crippen LogP) is 2.86. The van der Waals surface area contributed by atoms with E-state index in [0.717, 1.165) is 5.69 Å². The number of halogens is 2. The van der Waals surface area contributed by atoms with E-state index in [0.29, 0.717) is 29.4 Å². The van der Waals surface area contributed by atoms with Crippen LogP contribution in [0.1, 0.15) is 5.69 Å². The van der Waals surface area contributed by atoms with Crippen molar-refractivity contribution in [2.45, 2.75) is 6.42 Å². The third-order valence-corrected chi connectivity index (χ3v) is 3.60. The number of amides is 1. The number of aromatic nitrogens is 2. The molecule has 3 aromatic rings. The van der Waals surface area contributed by atoms with Crippen LogP contribution in [0, 0.1) is 5.82 Å². The molecule has 7 heteroatoms. The first-order valence-electron chi connectivity index (χ1n) is 7.38. The third kappa shape index (κ3) is 4.23. The molecule has 2 aromatic heterocycles. The van der Waals surface area contributed by atoms with E-state index >= 15 is 0 Å². The van der Waals surface area contributed by atoms with Crippen LogP contribution in [0.4, 0.5) is 4.39 Å². The van der Waals surface area contributed by atoms with Crippen molar-refractivity contribution in [3.8, 4) is 5.75 Å². The van der Waals surface area contributed by atoms with Crippen molar-refractivity contribution in [3.63, 3.8) is 0 Å². The van der Waals surface area contributed by atoms with Crippen LogP contribution < -0.4 is 10.1 Å². The molecule has 1 amide bonds. The van der Waals surface area contributed by atoms with Gasteiger partial charge in [0.2, 0.25) is 0 Å². The molecule has 0 spiro atoms. The number of pyridine rings is 1. The fraction of sp³-hybridized carbons (Fsp3) is 0.176. The topological polar surface area (TPSA) is 55.6 Å². The summed E-state index contributed by atoms with van der Waals surface area (Å²) in [5.41, 5.74) is 1.45. The lowest BCUT2D eigenvalue weighted by Crippen LogP contribution is -2.30. The Balaban J connectivity index is 1.44. The van der Waals surface area contributed by atoms with Gasteiger partial charge in [-0.1, -0.05) is 11.6 Å². The van der Waals surface area contributed by atoms with Gasteiger partial charge < -0.3 is 14.5 Å². The number of carbonyl (C=O) groups excluding carboxylic acids is 1. The summed E-state index contributed by atoms with van der Waals surface area (Å²) < 4.78 is 20.1. The minimum Gasteiger partial charge on any atom is -0.484 e. The zero-order valence-corrected chi connectivity index (χ0v) is 13.5. The Hall–Kier alpha value is -2.60. The van der Waals surface area contributed by atoms with Crippen molar-refractivity contribution in [1.29, 1.82) is 0 Å². The zero-order chi connectivity index (χ0) is 16.9. The highest BCUT2D eigenvalue weighted by atomic mass is 35.5. The summed E-state index contributed by atoms with van der Waals surface area (Å²) in [7, 11) is 0. The van der Waals surface area contributed by atoms with Crippen LogP contribution in [-0.2, 0) is 11.2 Å². The molecule has 0 aliphatic heterocycles. The Morgan fingerprint density at radius 2 is 2.00 bits per heavy atom. The smallest absolute Gasteiger partial charge is 0.257 e. The normalized spacial score (nSPS) is 10.8. The van der Waals surface area contributed by atoms with Crippen LogP contribution in [-0.4, -0.2) is 28.4 Å². The molecule has 24 heavy (non-hydrogen) atoms. The number of nitrogens with one attached hydrogen (secondary N) is 1. The SMILES string of the molecule is O=C(COc1ccc(Cl)cc1)NCCc1cn2cc(F)ccc2n1. The van der Waals surface area contributed by atoms with Gasteiger partial charge in [0.15, 0.2) is 6.61 Å². The molecule has 0 bridgehead atoms. The van der Waals surface area contributed by atoms with Gasteiger partial charge in [-0.2, -0.15) is 0 Å². The molecular weight excluding hydrogens is 333 g/mol. The van der Waals surface area contributed by atoms with Crippen molar-refractivity contribution in [1.82, 2.24) is 14.7 Å². The van der Waals surface area contributed by atoms with E-state index in [1.807, 2.05) is 0 Å². The van der Waals surface area contributed by atoms with Crippen molar-refractivity contribution in [3.05, 3.63) is 65.3 Å². The van der Waals surface area contributed by atoms with Gasteiger partial charge in [-0.3, -0.25) is 4.79 Å². The molecule has 5 nitrogen and oxygen atoms in total. The maximum absolute atomic E-state index is 13.1. The number of hydrogen-bond donors (Lipinski definition) is 1. The fourth-order valence-corrected chi connectivity index (χ4v) is 2.32. The van der Waals surface area contributed by atoms with Crippen LogP contribution in [0.3, 0.4) is 0 Å². The molecule has 0 aliphatic carbocycles. The average Bonchev–Trinajstić information content (AvgIpc) is 2.96. The largest absolute Gasteiger partial charge is 0.484 e. The number of ether oxygens (including phenoxy) is 1. The van der Waals surface area contributed by atoms with Crippen LogP contribution >= 0.6 is 11.6 Å². The summed E-state index contributed by atoms with van der Waals surface area (Å²) in [6.45, 7) is 0.354. The number of carbonyl (C=O) groups is 1. The Kier molecular flexibility index (Phi) is 4.96. The van der Waals surface area contributed by atoms with E-state index in [4.69, 9.17) is 16.3 Å². The molecule has 0 unspecified atom stereocenters. The molecule has 1 aromatic carbocycles. The summed E-state index contributed by atoms with van der Waals surface area (Å²) in [4.78, 5) is 16.1. The van der Waals surface area contributed by atoms with Crippen molar-refractivity contribution < 1.29 is 13.9 Å². The van der Waals surface area contributed by atoms with E-state index in [2.05, 4.69) is 10.3 Å². The first kappa shape index (κ1) is 16.3. The molecule has 2 heterocycles. The number of hydrogen-bond acceptors (Lipinski definition) is 3. The standard InChI is InChI=1S/C17H15ClFN3O2/c18-12-1-4-15(5-2-12)24-11-17(23)20-8-7-14-10-22-9-13(19)3-6-16(22)21-14/h1-6,9-10H,7-8,11H2,(H,20,23). The molecule has 0 saturated heterocycles. The van der Waals surface area contributed by atoms with Crippen molar-refractivity contribution in [2.24, 2.45) is 0 Å². The minimum atomic E-state index is -0.320. The van der Waals surface area contributed by atoms with E-state index in [-0.39, 0.29) is 18.3 Å². The molecule has 0 fully saturated rings. The number of nitrogens with zero attached hydrogens (tertiary/aromatic N) is 2. The van der Waals surface area contributed by atoms with Crippen LogP contribution in [0.25, 0.3) is 5.65 Å². The van der Waals surface area contributed by atoms with Crippen LogP contribution in [0.5, 0.6) is 5.75 Å². The highest BCUT2D eigenvalue weighted by Crippen LogP contribution is 2.15. The van der Waals surface area contributed by atoms with Crippen molar-refractivity contribution in [2.75, 3.05) is 13.2 Å². The fourth-order valence-electron chi connectivity index (χ4n) is 2.20. The van der Waals surface area contributed by atoms with E-state index in [1.54, 1.807) is 40.9 Å². The second-order valence-corrected chi connectivity index (χ2v) is 5.62. The van der Waals surface area contributed by atoms with E-state index in [1.165, 1.54) is 12.3 Å². The van der Waals surface area contributed by atoms with Gasteiger partial charge in [0, 0.05) is 30.4 Å². The van der Waals surface area contributed by atoms with Gasteiger partial charge in [0.1, 0.15) is 17.2 Å². The van der Waals surface area contributed by atoms with Crippen LogP contribution in [0.15, 0.2) is 48.8 Å². The van der Waals surface area contributed by atoms with Gasteiger partial charge in [0.25, 0.3) is 5.91 Å². The summed E-state index contributed by atoms with van der Waals surface area (Å²) in [6, 6.07) is 9.76. The molecule has 0 radical (unpaired) electrons. The van der Waals surface area contributed by atoms with E-state index < -0.39 is 0 Å². The first-order valence-corrected chi connectivity index (χ1v) is 7.76. The number of fused-ring (bicyclic) bond motifs is 1. The third-order valence-electron chi connectivity index (χ3n) is 3.35. The average molecular weight is 348 g/mol. The quantitative estimate of drug-likeness (QED) is 0.746. The monoisotopic (exact) mass is 347 g/mol. The lowest BCUT2D eigenvalue weighted by Gasteiger charge is -2.06. The Morgan fingerprint density at radius 3 is 2.79 bits per heavy atom. The molecule has 3 rings (SSSR count). The van der Waals surface area contributed by atoms with Gasteiger partial charge in [-0.05, 0) is 36.4 Å². The zero-order valence-electron chi connectivity index (χ0n) is 12.7. The predicted molar refractivity (Wildman–Crippen MR) is 88.8 cm³/mol. The second kappa shape index (κ2) is 7.31. The first-order chi connectivity index (χ1) is 11.6. The Bertz CT molecular complexity index is 849. The maximum atomic E-state index is 13.1. The Morgan fingerprint density at radius 1 is 1.21 bits per heavy atom. The highest BCUT2D eigenvalue weighted by Gasteiger charge is 2.05. The number of imidazole rings is 1.